The molecule has 1 aromatic rings. The smallest absolute Gasteiger partial charge is 0.305 e. The molecule has 1 rings (SSSR count). The number of amides is 1. The number of nitrogens with zero attached hydrogens (tertiary/aromatic N) is 1. The van der Waals surface area contributed by atoms with Gasteiger partial charge in [0.25, 0.3) is 5.91 Å². The third kappa shape index (κ3) is 3.81. The molecule has 0 bridgehead atoms. The summed E-state index contributed by atoms with van der Waals surface area (Å²) in [4.78, 5) is 23.9. The Morgan fingerprint density at radius 1 is 1.47 bits per heavy atom. The average molecular weight is 257 g/mol. The second-order valence-electron chi connectivity index (χ2n) is 3.35. The van der Waals surface area contributed by atoms with Gasteiger partial charge in [-0.25, -0.2) is 0 Å². The second-order valence-corrected chi connectivity index (χ2v) is 4.16. The summed E-state index contributed by atoms with van der Waals surface area (Å²) in [5.74, 6) is -0.934. The highest BCUT2D eigenvalue weighted by atomic mass is 32.2. The number of carboxylic acid groups (broad SMARTS) is 1. The lowest BCUT2D eigenvalue weighted by molar-refractivity contribution is -0.137. The van der Waals surface area contributed by atoms with Gasteiger partial charge in [-0.3, -0.25) is 9.59 Å². The van der Waals surface area contributed by atoms with Gasteiger partial charge in [-0.2, -0.15) is 0 Å². The van der Waals surface area contributed by atoms with Crippen molar-refractivity contribution in [2.45, 2.75) is 18.4 Å². The summed E-state index contributed by atoms with van der Waals surface area (Å²) in [5.41, 5.74) is 0. The molecule has 0 fully saturated rings. The van der Waals surface area contributed by atoms with Crippen LogP contribution in [0.3, 0.4) is 0 Å². The zero-order valence-electron chi connectivity index (χ0n) is 9.80. The fraction of sp³-hybridized carbons (Fsp3) is 0.455. The molecule has 1 N–H and O–H groups in total. The zero-order chi connectivity index (χ0) is 12.8. The maximum absolute atomic E-state index is 11.9. The lowest BCUT2D eigenvalue weighted by Crippen LogP contribution is -2.32. The second kappa shape index (κ2) is 6.34. The van der Waals surface area contributed by atoms with Crippen LogP contribution in [0.1, 0.15) is 23.9 Å². The van der Waals surface area contributed by atoms with Crippen molar-refractivity contribution in [3.63, 3.8) is 0 Å². The van der Waals surface area contributed by atoms with Gasteiger partial charge in [0.15, 0.2) is 10.9 Å². The Hall–Kier alpha value is -1.43. The lowest BCUT2D eigenvalue weighted by Gasteiger charge is -2.18. The van der Waals surface area contributed by atoms with Crippen molar-refractivity contribution >= 4 is 23.6 Å². The first-order valence-corrected chi connectivity index (χ1v) is 6.45. The Morgan fingerprint density at radius 3 is 2.65 bits per heavy atom. The normalized spacial score (nSPS) is 10.2. The van der Waals surface area contributed by atoms with E-state index in [0.29, 0.717) is 11.6 Å². The number of hydrogen-bond acceptors (Lipinski definition) is 4. The maximum atomic E-state index is 11.9. The molecule has 1 heterocycles. The van der Waals surface area contributed by atoms with Crippen molar-refractivity contribution in [2.75, 3.05) is 19.3 Å². The molecule has 0 aliphatic rings. The number of furan rings is 1. The first kappa shape index (κ1) is 13.6. The van der Waals surface area contributed by atoms with Crippen LogP contribution in [0.25, 0.3) is 0 Å². The summed E-state index contributed by atoms with van der Waals surface area (Å²) >= 11 is 1.41. The summed E-state index contributed by atoms with van der Waals surface area (Å²) in [6.07, 6.45) is 1.80. The molecule has 0 atom stereocenters. The van der Waals surface area contributed by atoms with Gasteiger partial charge < -0.3 is 14.4 Å². The number of carbonyl (C=O) groups excluding carboxylic acids is 1. The van der Waals surface area contributed by atoms with Gasteiger partial charge in [0.2, 0.25) is 0 Å². The number of thioether (sulfide) groups is 1. The summed E-state index contributed by atoms with van der Waals surface area (Å²) in [7, 11) is 0. The maximum Gasteiger partial charge on any atom is 0.305 e. The van der Waals surface area contributed by atoms with Gasteiger partial charge in [0.1, 0.15) is 0 Å². The Labute approximate surface area is 104 Å². The molecular weight excluding hydrogens is 242 g/mol. The monoisotopic (exact) mass is 257 g/mol. The van der Waals surface area contributed by atoms with Gasteiger partial charge in [-0.1, -0.05) is 11.8 Å². The molecule has 0 aliphatic carbocycles. The summed E-state index contributed by atoms with van der Waals surface area (Å²) in [6.45, 7) is 2.46. The molecular formula is C11H15NO4S. The SMILES string of the molecule is CCN(CCC(=O)O)C(=O)c1ccc(SC)o1. The fourth-order valence-corrected chi connectivity index (χ4v) is 1.71. The summed E-state index contributed by atoms with van der Waals surface area (Å²) < 4.78 is 5.31. The first-order chi connectivity index (χ1) is 8.08. The standard InChI is InChI=1S/C11H15NO4S/c1-3-12(7-6-9(13)14)11(15)8-4-5-10(16-8)17-2/h4-5H,3,6-7H2,1-2H3,(H,13,14). The van der Waals surface area contributed by atoms with Gasteiger partial charge in [0.05, 0.1) is 6.42 Å². The first-order valence-electron chi connectivity index (χ1n) is 5.23. The van der Waals surface area contributed by atoms with E-state index in [1.807, 2.05) is 6.26 Å². The topological polar surface area (TPSA) is 70.8 Å². The van der Waals surface area contributed by atoms with Crippen LogP contribution < -0.4 is 0 Å². The van der Waals surface area contributed by atoms with E-state index in [9.17, 15) is 9.59 Å². The Kier molecular flexibility index (Phi) is 5.09. The number of rotatable bonds is 6. The van der Waals surface area contributed by atoms with E-state index in [1.54, 1.807) is 19.1 Å². The average Bonchev–Trinajstić information content (AvgIpc) is 2.77. The number of carboxylic acids is 1. The quantitative estimate of drug-likeness (QED) is 0.788. The third-order valence-electron chi connectivity index (χ3n) is 2.26. The fourth-order valence-electron chi connectivity index (χ4n) is 1.33. The largest absolute Gasteiger partial charge is 0.481 e. The summed E-state index contributed by atoms with van der Waals surface area (Å²) in [5, 5.41) is 9.26. The van der Waals surface area contributed by atoms with Crippen LogP contribution in [0.4, 0.5) is 0 Å². The number of hydrogen-bond donors (Lipinski definition) is 1. The van der Waals surface area contributed by atoms with Crippen LogP contribution in [0.5, 0.6) is 0 Å². The highest BCUT2D eigenvalue weighted by molar-refractivity contribution is 7.98. The van der Waals surface area contributed by atoms with Crippen LogP contribution in [0, 0.1) is 0 Å². The van der Waals surface area contributed by atoms with Crippen LogP contribution in [0.15, 0.2) is 21.6 Å². The van der Waals surface area contributed by atoms with Crippen molar-refractivity contribution in [3.05, 3.63) is 17.9 Å². The van der Waals surface area contributed by atoms with E-state index in [4.69, 9.17) is 9.52 Å². The molecule has 0 radical (unpaired) electrons. The van der Waals surface area contributed by atoms with Crippen LogP contribution in [-0.2, 0) is 4.79 Å². The van der Waals surface area contributed by atoms with Crippen LogP contribution >= 0.6 is 11.8 Å². The van der Waals surface area contributed by atoms with E-state index >= 15 is 0 Å². The molecule has 1 aromatic heterocycles. The van der Waals surface area contributed by atoms with Crippen molar-refractivity contribution in [1.29, 1.82) is 0 Å². The molecule has 0 saturated heterocycles. The van der Waals surface area contributed by atoms with Crippen molar-refractivity contribution in [3.8, 4) is 0 Å². The van der Waals surface area contributed by atoms with Crippen LogP contribution in [-0.4, -0.2) is 41.2 Å². The molecule has 5 nitrogen and oxygen atoms in total. The summed E-state index contributed by atoms with van der Waals surface area (Å²) in [6, 6.07) is 3.33. The third-order valence-corrected chi connectivity index (χ3v) is 2.88. The molecule has 0 unspecified atom stereocenters. The van der Waals surface area contributed by atoms with E-state index in [1.165, 1.54) is 16.7 Å². The van der Waals surface area contributed by atoms with Crippen molar-refractivity contribution in [1.82, 2.24) is 4.90 Å². The predicted octanol–water partition coefficient (Wildman–Crippen LogP) is 1.94. The number of carbonyl (C=O) groups is 2. The minimum Gasteiger partial charge on any atom is -0.481 e. The molecule has 0 saturated carbocycles. The van der Waals surface area contributed by atoms with E-state index in [0.717, 1.165) is 0 Å². The van der Waals surface area contributed by atoms with E-state index in [-0.39, 0.29) is 24.6 Å². The Bertz CT molecular complexity index is 402. The minimum atomic E-state index is -0.916. The molecule has 6 heteroatoms. The zero-order valence-corrected chi connectivity index (χ0v) is 10.6. The van der Waals surface area contributed by atoms with Crippen LogP contribution in [0.2, 0.25) is 0 Å². The van der Waals surface area contributed by atoms with Gasteiger partial charge in [-0.15, -0.1) is 0 Å². The highest BCUT2D eigenvalue weighted by Gasteiger charge is 2.18. The predicted molar refractivity (Wildman–Crippen MR) is 64.3 cm³/mol. The molecule has 0 spiro atoms. The van der Waals surface area contributed by atoms with Crippen molar-refractivity contribution < 1.29 is 19.1 Å². The van der Waals surface area contributed by atoms with Gasteiger partial charge >= 0.3 is 5.97 Å². The molecule has 17 heavy (non-hydrogen) atoms. The van der Waals surface area contributed by atoms with Crippen molar-refractivity contribution in [2.24, 2.45) is 0 Å². The number of aliphatic carboxylic acids is 1. The molecule has 0 aromatic carbocycles. The van der Waals surface area contributed by atoms with Gasteiger partial charge in [0, 0.05) is 13.1 Å². The Balaban J connectivity index is 2.68. The van der Waals surface area contributed by atoms with Gasteiger partial charge in [-0.05, 0) is 25.3 Å². The highest BCUT2D eigenvalue weighted by Crippen LogP contribution is 2.19. The van der Waals surface area contributed by atoms with E-state index in [2.05, 4.69) is 0 Å². The lowest BCUT2D eigenvalue weighted by atomic mass is 10.3. The Morgan fingerprint density at radius 2 is 2.18 bits per heavy atom. The molecule has 0 aliphatic heterocycles. The minimum absolute atomic E-state index is 0.0598. The molecule has 94 valence electrons. The van der Waals surface area contributed by atoms with E-state index < -0.39 is 5.97 Å². The molecule has 1 amide bonds.